The highest BCUT2D eigenvalue weighted by atomic mass is 35.5. The number of rotatable bonds is 5. The monoisotopic (exact) mass is 427 g/mol. The molecule has 1 aromatic heterocycles. The lowest BCUT2D eigenvalue weighted by Crippen LogP contribution is -2.19. The van der Waals surface area contributed by atoms with Gasteiger partial charge in [-0.2, -0.15) is 5.10 Å². The Hall–Kier alpha value is -2.56. The van der Waals surface area contributed by atoms with Crippen molar-refractivity contribution in [1.29, 1.82) is 0 Å². The summed E-state index contributed by atoms with van der Waals surface area (Å²) in [6.45, 7) is 8.09. The number of amides is 1. The average molecular weight is 428 g/mol. The number of carbonyl (C=O) groups excluding carboxylic acids is 1. The molecule has 3 aromatic rings. The predicted octanol–water partition coefficient (Wildman–Crippen LogP) is 5.71. The maximum Gasteiger partial charge on any atom is 0.244 e. The van der Waals surface area contributed by atoms with E-state index in [-0.39, 0.29) is 5.91 Å². The molecule has 29 heavy (non-hydrogen) atoms. The van der Waals surface area contributed by atoms with E-state index in [4.69, 9.17) is 23.2 Å². The van der Waals surface area contributed by atoms with Gasteiger partial charge in [-0.1, -0.05) is 41.4 Å². The van der Waals surface area contributed by atoms with E-state index in [0.717, 1.165) is 28.2 Å². The first-order chi connectivity index (χ1) is 13.8. The number of hydrogen-bond acceptors (Lipinski definition) is 2. The van der Waals surface area contributed by atoms with Gasteiger partial charge in [0, 0.05) is 22.6 Å². The summed E-state index contributed by atoms with van der Waals surface area (Å²) in [5.74, 6) is -0.150. The second-order valence-electron chi connectivity index (χ2n) is 7.15. The van der Waals surface area contributed by atoms with E-state index in [1.807, 2.05) is 57.2 Å². The summed E-state index contributed by atoms with van der Waals surface area (Å²) in [6, 6.07) is 13.6. The Balaban J connectivity index is 1.71. The molecule has 0 saturated heterocycles. The molecule has 0 spiro atoms. The van der Waals surface area contributed by atoms with Crippen LogP contribution in [0.5, 0.6) is 0 Å². The van der Waals surface area contributed by atoms with Gasteiger partial charge in [0.15, 0.2) is 0 Å². The number of carbonyl (C=O) groups is 1. The maximum absolute atomic E-state index is 12.2. The van der Waals surface area contributed by atoms with E-state index in [9.17, 15) is 4.79 Å². The fourth-order valence-corrected chi connectivity index (χ4v) is 3.54. The van der Waals surface area contributed by atoms with Crippen LogP contribution in [0.2, 0.25) is 10.0 Å². The van der Waals surface area contributed by atoms with E-state index < -0.39 is 0 Å². The highest BCUT2D eigenvalue weighted by molar-refractivity contribution is 6.42. The third kappa shape index (κ3) is 4.89. The minimum atomic E-state index is -0.150. The molecular formula is C23H23Cl2N3O. The molecule has 0 unspecified atom stereocenters. The number of nitrogens with one attached hydrogen (secondary N) is 1. The zero-order valence-electron chi connectivity index (χ0n) is 16.9. The van der Waals surface area contributed by atoms with Gasteiger partial charge in [-0.3, -0.25) is 4.79 Å². The molecule has 3 rings (SSSR count). The van der Waals surface area contributed by atoms with Gasteiger partial charge >= 0.3 is 0 Å². The third-order valence-electron chi connectivity index (χ3n) is 4.96. The molecule has 4 nitrogen and oxygen atoms in total. The van der Waals surface area contributed by atoms with Crippen LogP contribution in [0.4, 0.5) is 0 Å². The molecule has 0 saturated carbocycles. The van der Waals surface area contributed by atoms with E-state index >= 15 is 0 Å². The third-order valence-corrected chi connectivity index (χ3v) is 5.70. The molecule has 150 valence electrons. The van der Waals surface area contributed by atoms with Crippen LogP contribution in [0.1, 0.15) is 33.6 Å². The van der Waals surface area contributed by atoms with Crippen LogP contribution in [0, 0.1) is 27.7 Å². The maximum atomic E-state index is 12.2. The van der Waals surface area contributed by atoms with Crippen molar-refractivity contribution in [2.75, 3.05) is 0 Å². The van der Waals surface area contributed by atoms with Crippen LogP contribution in [-0.4, -0.2) is 16.7 Å². The number of aryl methyl sites for hydroxylation is 3. The van der Waals surface area contributed by atoms with Crippen LogP contribution < -0.4 is 5.43 Å². The van der Waals surface area contributed by atoms with Gasteiger partial charge in [-0.25, -0.2) is 5.43 Å². The van der Waals surface area contributed by atoms with E-state index in [1.54, 1.807) is 12.3 Å². The second-order valence-corrected chi connectivity index (χ2v) is 7.96. The minimum Gasteiger partial charge on any atom is -0.318 e. The van der Waals surface area contributed by atoms with Crippen molar-refractivity contribution < 1.29 is 4.79 Å². The Labute approximate surface area is 181 Å². The topological polar surface area (TPSA) is 46.4 Å². The number of hydrogen-bond donors (Lipinski definition) is 1. The summed E-state index contributed by atoms with van der Waals surface area (Å²) in [5, 5.41) is 5.16. The fourth-order valence-electron chi connectivity index (χ4n) is 3.25. The smallest absolute Gasteiger partial charge is 0.244 e. The molecular weight excluding hydrogens is 405 g/mol. The summed E-state index contributed by atoms with van der Waals surface area (Å²) in [5.41, 5.74) is 9.83. The Morgan fingerprint density at radius 1 is 1.00 bits per heavy atom. The molecule has 0 atom stereocenters. The molecule has 0 aliphatic carbocycles. The van der Waals surface area contributed by atoms with Crippen molar-refractivity contribution in [3.63, 3.8) is 0 Å². The molecule has 6 heteroatoms. The standard InChI is InChI=1S/C23H23Cl2N3O/c1-14-5-6-18(9-15(14)2)11-23(29)27-26-13-19-10-16(3)28(17(19)4)20-7-8-21(24)22(25)12-20/h5-10,12-13H,11H2,1-4H3,(H,27,29)/b26-13-. The summed E-state index contributed by atoms with van der Waals surface area (Å²) in [6.07, 6.45) is 1.95. The zero-order valence-corrected chi connectivity index (χ0v) is 18.4. The Morgan fingerprint density at radius 3 is 2.45 bits per heavy atom. The van der Waals surface area contributed by atoms with Crippen molar-refractivity contribution in [2.24, 2.45) is 5.10 Å². The van der Waals surface area contributed by atoms with E-state index in [0.29, 0.717) is 16.5 Å². The summed E-state index contributed by atoms with van der Waals surface area (Å²) in [7, 11) is 0. The highest BCUT2D eigenvalue weighted by Gasteiger charge is 2.11. The summed E-state index contributed by atoms with van der Waals surface area (Å²) >= 11 is 12.2. The van der Waals surface area contributed by atoms with Crippen molar-refractivity contribution in [3.8, 4) is 5.69 Å². The zero-order chi connectivity index (χ0) is 21.1. The molecule has 2 aromatic carbocycles. The first kappa shape index (κ1) is 21.2. The van der Waals surface area contributed by atoms with Gasteiger partial charge in [-0.05, 0) is 68.7 Å². The lowest BCUT2D eigenvalue weighted by molar-refractivity contribution is -0.120. The number of benzene rings is 2. The molecule has 0 aliphatic rings. The molecule has 0 aliphatic heterocycles. The molecule has 1 amide bonds. The Kier molecular flexibility index (Phi) is 6.46. The largest absolute Gasteiger partial charge is 0.318 e. The SMILES string of the molecule is Cc1ccc(CC(=O)N/N=C\c2cc(C)n(-c3ccc(Cl)c(Cl)c3)c2C)cc1C. The number of nitrogens with zero attached hydrogens (tertiary/aromatic N) is 2. The van der Waals surface area contributed by atoms with Crippen molar-refractivity contribution in [1.82, 2.24) is 9.99 Å². The molecule has 1 N–H and O–H groups in total. The number of hydrazone groups is 1. The van der Waals surface area contributed by atoms with E-state index in [1.165, 1.54) is 11.1 Å². The normalized spacial score (nSPS) is 11.2. The molecule has 0 fully saturated rings. The molecule has 0 bridgehead atoms. The fraction of sp³-hybridized carbons (Fsp3) is 0.217. The molecule has 0 radical (unpaired) electrons. The van der Waals surface area contributed by atoms with Crippen LogP contribution in [0.25, 0.3) is 5.69 Å². The lowest BCUT2D eigenvalue weighted by atomic mass is 10.0. The van der Waals surface area contributed by atoms with E-state index in [2.05, 4.69) is 22.0 Å². The first-order valence-electron chi connectivity index (χ1n) is 9.28. The van der Waals surface area contributed by atoms with Crippen LogP contribution in [-0.2, 0) is 11.2 Å². The minimum absolute atomic E-state index is 0.150. The number of aromatic nitrogens is 1. The van der Waals surface area contributed by atoms with Gasteiger partial charge in [0.25, 0.3) is 0 Å². The second kappa shape index (κ2) is 8.85. The van der Waals surface area contributed by atoms with Crippen LogP contribution in [0.15, 0.2) is 47.6 Å². The summed E-state index contributed by atoms with van der Waals surface area (Å²) < 4.78 is 2.07. The van der Waals surface area contributed by atoms with Crippen LogP contribution >= 0.6 is 23.2 Å². The first-order valence-corrected chi connectivity index (χ1v) is 10.0. The summed E-state index contributed by atoms with van der Waals surface area (Å²) in [4.78, 5) is 12.2. The van der Waals surface area contributed by atoms with Gasteiger partial charge in [0.1, 0.15) is 0 Å². The molecule has 1 heterocycles. The highest BCUT2D eigenvalue weighted by Crippen LogP contribution is 2.27. The van der Waals surface area contributed by atoms with Gasteiger partial charge in [0.2, 0.25) is 5.91 Å². The lowest BCUT2D eigenvalue weighted by Gasteiger charge is -2.10. The van der Waals surface area contributed by atoms with Crippen LogP contribution in [0.3, 0.4) is 0 Å². The van der Waals surface area contributed by atoms with Crippen molar-refractivity contribution in [2.45, 2.75) is 34.1 Å². The van der Waals surface area contributed by atoms with Crippen molar-refractivity contribution >= 4 is 35.3 Å². The van der Waals surface area contributed by atoms with Crippen molar-refractivity contribution in [3.05, 3.63) is 86.2 Å². The van der Waals surface area contributed by atoms with Gasteiger partial charge in [-0.15, -0.1) is 0 Å². The average Bonchev–Trinajstić information content (AvgIpc) is 2.94. The number of halogens is 2. The predicted molar refractivity (Wildman–Crippen MR) is 121 cm³/mol. The Bertz CT molecular complexity index is 1100. The Morgan fingerprint density at radius 2 is 1.76 bits per heavy atom. The van der Waals surface area contributed by atoms with Gasteiger partial charge in [0.05, 0.1) is 22.7 Å². The quantitative estimate of drug-likeness (QED) is 0.411. The van der Waals surface area contributed by atoms with Gasteiger partial charge < -0.3 is 4.57 Å².